The van der Waals surface area contributed by atoms with E-state index in [1.54, 1.807) is 0 Å². The average molecular weight is 372 g/mol. The molecule has 2 N–H and O–H groups in total. The average Bonchev–Trinajstić information content (AvgIpc) is 3.27. The number of rotatable bonds is 2. The maximum Gasteiger partial charge on any atom is 0.267 e. The molecule has 0 aromatic carbocycles. The molecule has 0 spiro atoms. The van der Waals surface area contributed by atoms with Gasteiger partial charge in [0.15, 0.2) is 0 Å². The summed E-state index contributed by atoms with van der Waals surface area (Å²) < 4.78 is 0. The number of carbonyl (C=O) groups excluding carboxylic acids is 1. The van der Waals surface area contributed by atoms with Crippen LogP contribution in [0.25, 0.3) is 10.2 Å². The third-order valence-corrected chi connectivity index (χ3v) is 7.06. The molecule has 0 radical (unpaired) electrons. The van der Waals surface area contributed by atoms with E-state index in [4.69, 9.17) is 0 Å². The quantitative estimate of drug-likeness (QED) is 0.848. The van der Waals surface area contributed by atoms with E-state index < -0.39 is 0 Å². The van der Waals surface area contributed by atoms with Crippen LogP contribution in [0.15, 0.2) is 12.3 Å². The molecule has 1 atom stereocenters. The van der Waals surface area contributed by atoms with Crippen molar-refractivity contribution < 1.29 is 9.90 Å². The Labute approximate surface area is 156 Å². The van der Waals surface area contributed by atoms with Crippen molar-refractivity contribution in [1.82, 2.24) is 9.88 Å². The van der Waals surface area contributed by atoms with Crippen molar-refractivity contribution in [2.45, 2.75) is 50.7 Å². The minimum Gasteiger partial charge on any atom is -0.391 e. The molecule has 1 aliphatic carbocycles. The van der Waals surface area contributed by atoms with Gasteiger partial charge in [-0.25, -0.2) is 4.98 Å². The zero-order chi connectivity index (χ0) is 17.7. The summed E-state index contributed by atoms with van der Waals surface area (Å²) in [5.74, 6) is 0.154. The standard InChI is InChI=1S/C19H24N4O2S/c24-13-7-9-22(10-13)14-6-8-20-18-15(14)16-17(26-18)19(25)23(11-21-16)12-4-2-1-3-5-12/h6,8,12-13,21,24H,1-5,7,9-11H2/t13-/m0/s1. The maximum absolute atomic E-state index is 13.2. The van der Waals surface area contributed by atoms with Crippen molar-refractivity contribution in [2.24, 2.45) is 0 Å². The Morgan fingerprint density at radius 1 is 1.23 bits per heavy atom. The number of aliphatic hydroxyl groups excluding tert-OH is 1. The van der Waals surface area contributed by atoms with Gasteiger partial charge in [0.05, 0.1) is 29.5 Å². The van der Waals surface area contributed by atoms with Gasteiger partial charge in [-0.2, -0.15) is 0 Å². The monoisotopic (exact) mass is 372 g/mol. The topological polar surface area (TPSA) is 68.7 Å². The van der Waals surface area contributed by atoms with Gasteiger partial charge in [-0.3, -0.25) is 4.79 Å². The fraction of sp³-hybridized carbons (Fsp3) is 0.579. The minimum atomic E-state index is -0.274. The Morgan fingerprint density at radius 2 is 2.08 bits per heavy atom. The normalized spacial score (nSPS) is 24.2. The molecule has 6 nitrogen and oxygen atoms in total. The second-order valence-corrected chi connectivity index (χ2v) is 8.61. The number of hydrogen-bond donors (Lipinski definition) is 2. The predicted octanol–water partition coefficient (Wildman–Crippen LogP) is 3.03. The summed E-state index contributed by atoms with van der Waals surface area (Å²) in [6, 6.07) is 2.37. The van der Waals surface area contributed by atoms with Crippen molar-refractivity contribution in [1.29, 1.82) is 0 Å². The van der Waals surface area contributed by atoms with E-state index in [1.165, 1.54) is 30.6 Å². The molecule has 7 heteroatoms. The largest absolute Gasteiger partial charge is 0.391 e. The highest BCUT2D eigenvalue weighted by Crippen LogP contribution is 2.43. The van der Waals surface area contributed by atoms with Gasteiger partial charge in [-0.1, -0.05) is 19.3 Å². The first-order valence-electron chi connectivity index (χ1n) is 9.62. The summed E-state index contributed by atoms with van der Waals surface area (Å²) in [5, 5.41) is 14.5. The molecule has 0 unspecified atom stereocenters. The van der Waals surface area contributed by atoms with Crippen molar-refractivity contribution in [2.75, 3.05) is 30.0 Å². The molecule has 2 aliphatic heterocycles. The van der Waals surface area contributed by atoms with Crippen molar-refractivity contribution in [3.8, 4) is 0 Å². The third kappa shape index (κ3) is 2.56. The number of hydrogen-bond acceptors (Lipinski definition) is 6. The first-order chi connectivity index (χ1) is 12.7. The van der Waals surface area contributed by atoms with Gasteiger partial charge < -0.3 is 20.2 Å². The van der Waals surface area contributed by atoms with Crippen LogP contribution in [-0.4, -0.2) is 52.8 Å². The Morgan fingerprint density at radius 3 is 2.85 bits per heavy atom. The van der Waals surface area contributed by atoms with Crippen LogP contribution in [0.1, 0.15) is 48.2 Å². The van der Waals surface area contributed by atoms with Crippen molar-refractivity contribution >= 4 is 38.8 Å². The number of amides is 1. The Balaban J connectivity index is 1.53. The van der Waals surface area contributed by atoms with E-state index in [0.29, 0.717) is 19.3 Å². The maximum atomic E-state index is 13.2. The lowest BCUT2D eigenvalue weighted by molar-refractivity contribution is 0.0647. The van der Waals surface area contributed by atoms with Crippen LogP contribution < -0.4 is 10.2 Å². The number of aliphatic hydroxyl groups is 1. The Hall–Kier alpha value is -1.86. The van der Waals surface area contributed by atoms with Gasteiger partial charge in [0.1, 0.15) is 9.71 Å². The molecule has 2 aromatic rings. The first kappa shape index (κ1) is 16.3. The van der Waals surface area contributed by atoms with Crippen LogP contribution >= 0.6 is 11.3 Å². The predicted molar refractivity (Wildman–Crippen MR) is 104 cm³/mol. The fourth-order valence-electron chi connectivity index (χ4n) is 4.60. The number of pyridine rings is 1. The smallest absolute Gasteiger partial charge is 0.267 e. The number of β-amino-alcohol motifs (C(OH)–C–C–N with tert-alkyl or cyclic N) is 1. The lowest BCUT2D eigenvalue weighted by atomic mass is 9.94. The zero-order valence-electron chi connectivity index (χ0n) is 14.8. The summed E-state index contributed by atoms with van der Waals surface area (Å²) in [6.45, 7) is 2.07. The highest BCUT2D eigenvalue weighted by atomic mass is 32.1. The molecule has 4 heterocycles. The van der Waals surface area contributed by atoms with E-state index in [-0.39, 0.29) is 12.0 Å². The van der Waals surface area contributed by atoms with Gasteiger partial charge in [-0.05, 0) is 25.3 Å². The Kier molecular flexibility index (Phi) is 4.01. The lowest BCUT2D eigenvalue weighted by Gasteiger charge is -2.37. The lowest BCUT2D eigenvalue weighted by Crippen LogP contribution is -2.46. The van der Waals surface area contributed by atoms with Crippen molar-refractivity contribution in [3.63, 3.8) is 0 Å². The highest BCUT2D eigenvalue weighted by Gasteiger charge is 2.35. The molecule has 5 rings (SSSR count). The molecule has 1 amide bonds. The van der Waals surface area contributed by atoms with Gasteiger partial charge in [-0.15, -0.1) is 11.3 Å². The SMILES string of the molecule is O=C1c2sc3nccc(N4CC[C@H](O)C4)c3c2NCN1C1CCCCC1. The number of anilines is 2. The number of carbonyl (C=O) groups is 1. The molecular formula is C19H24N4O2S. The van der Waals surface area contributed by atoms with Crippen LogP contribution in [-0.2, 0) is 0 Å². The van der Waals surface area contributed by atoms with E-state index in [2.05, 4.69) is 15.2 Å². The molecule has 2 fully saturated rings. The highest BCUT2D eigenvalue weighted by molar-refractivity contribution is 7.21. The van der Waals surface area contributed by atoms with Crippen LogP contribution in [0.2, 0.25) is 0 Å². The van der Waals surface area contributed by atoms with Gasteiger partial charge >= 0.3 is 0 Å². The molecular weight excluding hydrogens is 348 g/mol. The van der Waals surface area contributed by atoms with Crippen molar-refractivity contribution in [3.05, 3.63) is 17.1 Å². The summed E-state index contributed by atoms with van der Waals surface area (Å²) in [6.07, 6.45) is 8.28. The van der Waals surface area contributed by atoms with Crippen LogP contribution in [0.5, 0.6) is 0 Å². The molecule has 2 aromatic heterocycles. The summed E-state index contributed by atoms with van der Waals surface area (Å²) >= 11 is 1.50. The first-order valence-corrected chi connectivity index (χ1v) is 10.4. The number of aromatic nitrogens is 1. The molecule has 3 aliphatic rings. The van der Waals surface area contributed by atoms with E-state index in [1.807, 2.05) is 17.2 Å². The van der Waals surface area contributed by atoms with E-state index in [9.17, 15) is 9.90 Å². The summed E-state index contributed by atoms with van der Waals surface area (Å²) in [4.78, 5) is 23.6. The van der Waals surface area contributed by atoms with E-state index in [0.717, 1.165) is 52.3 Å². The van der Waals surface area contributed by atoms with Crippen LogP contribution in [0.3, 0.4) is 0 Å². The molecule has 138 valence electrons. The molecule has 26 heavy (non-hydrogen) atoms. The van der Waals surface area contributed by atoms with Gasteiger partial charge in [0, 0.05) is 25.3 Å². The number of nitrogens with one attached hydrogen (secondary N) is 1. The number of fused-ring (bicyclic) bond motifs is 3. The second-order valence-electron chi connectivity index (χ2n) is 7.61. The minimum absolute atomic E-state index is 0.154. The molecule has 0 bridgehead atoms. The molecule has 1 saturated carbocycles. The van der Waals surface area contributed by atoms with Crippen LogP contribution in [0.4, 0.5) is 11.4 Å². The zero-order valence-corrected chi connectivity index (χ0v) is 15.6. The number of thiophene rings is 1. The second kappa shape index (κ2) is 6.39. The van der Waals surface area contributed by atoms with Gasteiger partial charge in [0.2, 0.25) is 0 Å². The summed E-state index contributed by atoms with van der Waals surface area (Å²) in [7, 11) is 0. The third-order valence-electron chi connectivity index (χ3n) is 5.97. The van der Waals surface area contributed by atoms with E-state index >= 15 is 0 Å². The van der Waals surface area contributed by atoms with Crippen LogP contribution in [0, 0.1) is 0 Å². The Bertz CT molecular complexity index is 845. The summed E-state index contributed by atoms with van der Waals surface area (Å²) in [5.41, 5.74) is 2.02. The molecule has 1 saturated heterocycles. The number of nitrogens with zero attached hydrogens (tertiary/aromatic N) is 3. The van der Waals surface area contributed by atoms with Gasteiger partial charge in [0.25, 0.3) is 5.91 Å². The fourth-order valence-corrected chi connectivity index (χ4v) is 5.70.